The fraction of sp³-hybridized carbons (Fsp3) is 0.625. The van der Waals surface area contributed by atoms with Gasteiger partial charge in [-0.05, 0) is 56.3 Å². The van der Waals surface area contributed by atoms with Gasteiger partial charge < -0.3 is 15.1 Å². The molecule has 106 valence electrons. The Kier molecular flexibility index (Phi) is 4.70. The monoisotopic (exact) mass is 263 g/mol. The van der Waals surface area contributed by atoms with Crippen molar-refractivity contribution >= 4 is 0 Å². The van der Waals surface area contributed by atoms with E-state index in [4.69, 9.17) is 0 Å². The largest absolute Gasteiger partial charge is 0.504 e. The molecule has 3 heteroatoms. The summed E-state index contributed by atoms with van der Waals surface area (Å²) in [6, 6.07) is 3.61. The highest BCUT2D eigenvalue weighted by Crippen LogP contribution is 2.42. The highest BCUT2D eigenvalue weighted by Gasteiger charge is 2.27. The first-order chi connectivity index (χ1) is 9.17. The Morgan fingerprint density at radius 1 is 1.16 bits per heavy atom. The summed E-state index contributed by atoms with van der Waals surface area (Å²) in [5, 5.41) is 19.5. The molecule has 0 unspecified atom stereocenters. The van der Waals surface area contributed by atoms with Crippen molar-refractivity contribution in [3.8, 4) is 11.5 Å². The molecule has 0 aliphatic heterocycles. The fourth-order valence-electron chi connectivity index (χ4n) is 3.19. The maximum absolute atomic E-state index is 9.91. The Morgan fingerprint density at radius 2 is 1.84 bits per heavy atom. The molecule has 1 aliphatic rings. The summed E-state index contributed by atoms with van der Waals surface area (Å²) in [4.78, 5) is 2.52. The highest BCUT2D eigenvalue weighted by atomic mass is 16.3. The van der Waals surface area contributed by atoms with Crippen LogP contribution in [0.4, 0.5) is 0 Å². The van der Waals surface area contributed by atoms with Gasteiger partial charge in [0.25, 0.3) is 0 Å². The van der Waals surface area contributed by atoms with Gasteiger partial charge in [-0.25, -0.2) is 0 Å². The summed E-state index contributed by atoms with van der Waals surface area (Å²) in [7, 11) is 0. The van der Waals surface area contributed by atoms with Gasteiger partial charge in [-0.3, -0.25) is 0 Å². The van der Waals surface area contributed by atoms with E-state index in [0.29, 0.717) is 5.92 Å². The number of hydrogen-bond donors (Lipinski definition) is 2. The molecule has 2 N–H and O–H groups in total. The van der Waals surface area contributed by atoms with E-state index in [-0.39, 0.29) is 11.5 Å². The second kappa shape index (κ2) is 6.29. The van der Waals surface area contributed by atoms with Crippen LogP contribution in [0.1, 0.15) is 50.2 Å². The van der Waals surface area contributed by atoms with E-state index in [1.165, 1.54) is 18.4 Å². The first-order valence-corrected chi connectivity index (χ1v) is 7.43. The number of nitrogens with zero attached hydrogens (tertiary/aromatic N) is 1. The average Bonchev–Trinajstić information content (AvgIpc) is 2.78. The zero-order valence-electron chi connectivity index (χ0n) is 12.0. The zero-order chi connectivity index (χ0) is 13.8. The molecule has 0 amide bonds. The summed E-state index contributed by atoms with van der Waals surface area (Å²) in [6.45, 7) is 7.79. The third kappa shape index (κ3) is 3.03. The van der Waals surface area contributed by atoms with Gasteiger partial charge in [0.1, 0.15) is 0 Å². The molecule has 0 radical (unpaired) electrons. The van der Waals surface area contributed by atoms with Crippen molar-refractivity contribution in [1.82, 2.24) is 4.90 Å². The van der Waals surface area contributed by atoms with Crippen LogP contribution in [0, 0.1) is 0 Å². The number of benzene rings is 1. The fourth-order valence-corrected chi connectivity index (χ4v) is 3.19. The Labute approximate surface area is 115 Å². The predicted molar refractivity (Wildman–Crippen MR) is 77.9 cm³/mol. The van der Waals surface area contributed by atoms with E-state index in [9.17, 15) is 10.2 Å². The van der Waals surface area contributed by atoms with E-state index < -0.39 is 0 Å². The Balaban J connectivity index is 2.11. The third-order valence-electron chi connectivity index (χ3n) is 4.04. The first-order valence-electron chi connectivity index (χ1n) is 7.43. The first kappa shape index (κ1) is 14.2. The van der Waals surface area contributed by atoms with Gasteiger partial charge in [-0.1, -0.05) is 19.9 Å². The van der Waals surface area contributed by atoms with Gasteiger partial charge in [0.2, 0.25) is 0 Å². The van der Waals surface area contributed by atoms with E-state index in [0.717, 1.165) is 38.0 Å². The van der Waals surface area contributed by atoms with Crippen LogP contribution in [0.5, 0.6) is 11.5 Å². The molecule has 1 atom stereocenters. The normalized spacial score (nSPS) is 17.9. The maximum Gasteiger partial charge on any atom is 0.160 e. The van der Waals surface area contributed by atoms with Crippen LogP contribution in [-0.4, -0.2) is 34.7 Å². The van der Waals surface area contributed by atoms with Crippen LogP contribution in [0.25, 0.3) is 0 Å². The summed E-state index contributed by atoms with van der Waals surface area (Å²) in [5.41, 5.74) is 2.19. The molecule has 3 nitrogen and oxygen atoms in total. The molecule has 0 saturated carbocycles. The number of aromatic hydroxyl groups is 2. The predicted octanol–water partition coefficient (Wildman–Crippen LogP) is 3.25. The third-order valence-corrected chi connectivity index (χ3v) is 4.04. The summed E-state index contributed by atoms with van der Waals surface area (Å²) >= 11 is 0. The smallest absolute Gasteiger partial charge is 0.160 e. The molecule has 1 aromatic rings. The Morgan fingerprint density at radius 3 is 2.47 bits per heavy atom. The second-order valence-corrected chi connectivity index (χ2v) is 5.54. The van der Waals surface area contributed by atoms with Crippen LogP contribution in [0.2, 0.25) is 0 Å². The molecular formula is C16H25NO2. The topological polar surface area (TPSA) is 43.7 Å². The van der Waals surface area contributed by atoms with E-state index in [1.807, 2.05) is 6.07 Å². The lowest BCUT2D eigenvalue weighted by molar-refractivity contribution is 0.256. The van der Waals surface area contributed by atoms with Gasteiger partial charge >= 0.3 is 0 Å². The lowest BCUT2D eigenvalue weighted by Gasteiger charge is -2.25. The van der Waals surface area contributed by atoms with Gasteiger partial charge in [0, 0.05) is 12.1 Å². The lowest BCUT2D eigenvalue weighted by atomic mass is 10.00. The van der Waals surface area contributed by atoms with Crippen molar-refractivity contribution < 1.29 is 10.2 Å². The van der Waals surface area contributed by atoms with Crippen LogP contribution in [0.3, 0.4) is 0 Å². The number of phenols is 2. The molecule has 2 rings (SSSR count). The number of rotatable bonds is 6. The maximum atomic E-state index is 9.91. The molecular weight excluding hydrogens is 238 g/mol. The number of fused-ring (bicyclic) bond motifs is 1. The summed E-state index contributed by atoms with van der Waals surface area (Å²) in [6.07, 6.45) is 4.32. The van der Waals surface area contributed by atoms with E-state index >= 15 is 0 Å². The Hall–Kier alpha value is -1.22. The molecule has 0 saturated heterocycles. The van der Waals surface area contributed by atoms with Crippen molar-refractivity contribution in [1.29, 1.82) is 0 Å². The molecule has 0 spiro atoms. The molecule has 0 aromatic heterocycles. The number of hydrogen-bond acceptors (Lipinski definition) is 3. The van der Waals surface area contributed by atoms with Gasteiger partial charge in [0.15, 0.2) is 11.5 Å². The van der Waals surface area contributed by atoms with Crippen LogP contribution < -0.4 is 0 Å². The molecule has 1 aromatic carbocycles. The van der Waals surface area contributed by atoms with Crippen molar-refractivity contribution in [2.45, 2.75) is 45.4 Å². The van der Waals surface area contributed by atoms with Crippen molar-refractivity contribution in [2.24, 2.45) is 0 Å². The van der Waals surface area contributed by atoms with Crippen LogP contribution in [0.15, 0.2) is 12.1 Å². The number of phenolic OH excluding ortho intramolecular Hbond substituents is 2. The van der Waals surface area contributed by atoms with Gasteiger partial charge in [-0.15, -0.1) is 0 Å². The molecule has 0 fully saturated rings. The van der Waals surface area contributed by atoms with Crippen molar-refractivity contribution in [2.75, 3.05) is 19.6 Å². The van der Waals surface area contributed by atoms with Gasteiger partial charge in [-0.2, -0.15) is 0 Å². The van der Waals surface area contributed by atoms with E-state index in [2.05, 4.69) is 18.7 Å². The van der Waals surface area contributed by atoms with Crippen molar-refractivity contribution in [3.63, 3.8) is 0 Å². The van der Waals surface area contributed by atoms with Crippen LogP contribution >= 0.6 is 0 Å². The minimum Gasteiger partial charge on any atom is -0.504 e. The SMILES string of the molecule is CCCN(CCC)C[C@H]1CCc2c1ccc(O)c2O. The molecule has 0 bridgehead atoms. The summed E-state index contributed by atoms with van der Waals surface area (Å²) < 4.78 is 0. The van der Waals surface area contributed by atoms with Crippen molar-refractivity contribution in [3.05, 3.63) is 23.3 Å². The molecule has 19 heavy (non-hydrogen) atoms. The molecule has 1 aliphatic carbocycles. The van der Waals surface area contributed by atoms with Crippen LogP contribution in [-0.2, 0) is 6.42 Å². The minimum atomic E-state index is 0.0124. The second-order valence-electron chi connectivity index (χ2n) is 5.54. The Bertz CT molecular complexity index is 425. The minimum absolute atomic E-state index is 0.0124. The van der Waals surface area contributed by atoms with Gasteiger partial charge in [0.05, 0.1) is 0 Å². The standard InChI is InChI=1S/C16H25NO2/c1-3-9-17(10-4-2)11-12-5-6-14-13(12)7-8-15(18)16(14)19/h7-8,12,18-19H,3-6,9-11H2,1-2H3/t12-/m1/s1. The zero-order valence-corrected chi connectivity index (χ0v) is 12.0. The van der Waals surface area contributed by atoms with E-state index in [1.54, 1.807) is 6.07 Å². The lowest BCUT2D eigenvalue weighted by Crippen LogP contribution is -2.29. The summed E-state index contributed by atoms with van der Waals surface area (Å²) in [5.74, 6) is 0.607. The highest BCUT2D eigenvalue weighted by molar-refractivity contribution is 5.52. The average molecular weight is 263 g/mol. The quantitative estimate of drug-likeness (QED) is 0.774. The molecule has 0 heterocycles.